The Morgan fingerprint density at radius 2 is 1.79 bits per heavy atom. The second-order valence-corrected chi connectivity index (χ2v) is 4.67. The molecule has 0 spiro atoms. The van der Waals surface area contributed by atoms with Gasteiger partial charge in [0.2, 0.25) is 0 Å². The summed E-state index contributed by atoms with van der Waals surface area (Å²) >= 11 is 0. The van der Waals surface area contributed by atoms with Crippen LogP contribution in [0, 0.1) is 0 Å². The van der Waals surface area contributed by atoms with Gasteiger partial charge in [0.1, 0.15) is 11.0 Å². The van der Waals surface area contributed by atoms with Crippen LogP contribution in [0.1, 0.15) is 0 Å². The summed E-state index contributed by atoms with van der Waals surface area (Å²) in [6.07, 6.45) is -0.233. The fourth-order valence-corrected chi connectivity index (χ4v) is 1.96. The monoisotopic (exact) mass is 265 g/mol. The van der Waals surface area contributed by atoms with E-state index in [0.29, 0.717) is 0 Å². The van der Waals surface area contributed by atoms with Crippen molar-refractivity contribution in [1.82, 2.24) is 30.1 Å². The van der Waals surface area contributed by atoms with Crippen molar-refractivity contribution in [2.24, 2.45) is 5.84 Å². The van der Waals surface area contributed by atoms with Crippen molar-refractivity contribution < 1.29 is 4.94 Å². The SMILES string of the molecule is CN(C)C(N(C)C)N(N)On1nnc2ccccc21. The van der Waals surface area contributed by atoms with Crippen molar-refractivity contribution >= 4 is 11.0 Å². The maximum Gasteiger partial charge on any atom is 0.171 e. The molecule has 19 heavy (non-hydrogen) atoms. The zero-order valence-electron chi connectivity index (χ0n) is 11.6. The summed E-state index contributed by atoms with van der Waals surface area (Å²) in [6, 6.07) is 7.51. The lowest BCUT2D eigenvalue weighted by Gasteiger charge is -2.34. The Balaban J connectivity index is 2.20. The molecule has 0 aliphatic carbocycles. The minimum Gasteiger partial charge on any atom is -0.278 e. The first kappa shape index (κ1) is 13.7. The van der Waals surface area contributed by atoms with Gasteiger partial charge in [-0.3, -0.25) is 14.7 Å². The molecule has 1 aromatic heterocycles. The lowest BCUT2D eigenvalue weighted by Crippen LogP contribution is -2.59. The van der Waals surface area contributed by atoms with Crippen LogP contribution in [0.3, 0.4) is 0 Å². The van der Waals surface area contributed by atoms with E-state index < -0.39 is 0 Å². The van der Waals surface area contributed by atoms with Gasteiger partial charge in [0.15, 0.2) is 6.29 Å². The van der Waals surface area contributed by atoms with Crippen molar-refractivity contribution in [3.8, 4) is 0 Å². The number of nitrogens with zero attached hydrogens (tertiary/aromatic N) is 6. The summed E-state index contributed by atoms with van der Waals surface area (Å²) < 4.78 is 0. The van der Waals surface area contributed by atoms with Crippen LogP contribution in [0.2, 0.25) is 0 Å². The van der Waals surface area contributed by atoms with Crippen LogP contribution in [0.25, 0.3) is 11.0 Å². The second kappa shape index (κ2) is 5.49. The number of hydrogen-bond acceptors (Lipinski definition) is 7. The molecule has 0 saturated heterocycles. The van der Waals surface area contributed by atoms with Gasteiger partial charge in [0.05, 0.1) is 0 Å². The first-order chi connectivity index (χ1) is 9.00. The van der Waals surface area contributed by atoms with Crippen LogP contribution < -0.4 is 10.8 Å². The maximum absolute atomic E-state index is 5.94. The van der Waals surface area contributed by atoms with Crippen LogP contribution in [-0.4, -0.2) is 64.6 Å². The summed E-state index contributed by atoms with van der Waals surface area (Å²) in [5, 5.41) is 9.14. The van der Waals surface area contributed by atoms with Gasteiger partial charge in [-0.05, 0) is 50.7 Å². The molecule has 2 aromatic rings. The molecular formula is C11H19N7O. The highest BCUT2D eigenvalue weighted by Gasteiger charge is 2.23. The molecule has 0 bridgehead atoms. The summed E-state index contributed by atoms with van der Waals surface area (Å²) in [5.74, 6) is 5.94. The molecule has 0 unspecified atom stereocenters. The normalized spacial score (nSPS) is 12.3. The number of hydrazine groups is 1. The Kier molecular flexibility index (Phi) is 3.96. The number of benzene rings is 1. The van der Waals surface area contributed by atoms with Crippen molar-refractivity contribution in [2.75, 3.05) is 28.2 Å². The summed E-state index contributed by atoms with van der Waals surface area (Å²) in [7, 11) is 7.64. The predicted octanol–water partition coefficient (Wildman–Crippen LogP) is -0.643. The fourth-order valence-electron chi connectivity index (χ4n) is 1.96. The van der Waals surface area contributed by atoms with Gasteiger partial charge in [0.25, 0.3) is 0 Å². The third-order valence-electron chi connectivity index (χ3n) is 2.64. The van der Waals surface area contributed by atoms with Crippen molar-refractivity contribution in [1.29, 1.82) is 0 Å². The van der Waals surface area contributed by atoms with E-state index in [-0.39, 0.29) is 6.29 Å². The van der Waals surface area contributed by atoms with Gasteiger partial charge >= 0.3 is 0 Å². The topological polar surface area (TPSA) is 75.7 Å². The molecule has 0 atom stereocenters. The van der Waals surface area contributed by atoms with E-state index in [0.717, 1.165) is 11.0 Å². The van der Waals surface area contributed by atoms with Crippen molar-refractivity contribution in [3.63, 3.8) is 0 Å². The number of hydroxylamine groups is 1. The van der Waals surface area contributed by atoms with Gasteiger partial charge < -0.3 is 0 Å². The van der Waals surface area contributed by atoms with Crippen LogP contribution >= 0.6 is 0 Å². The number of aromatic nitrogens is 3. The minimum absolute atomic E-state index is 0.233. The van der Waals surface area contributed by atoms with E-state index >= 15 is 0 Å². The van der Waals surface area contributed by atoms with E-state index in [1.165, 1.54) is 10.0 Å². The lowest BCUT2D eigenvalue weighted by molar-refractivity contribution is -0.254. The van der Waals surface area contributed by atoms with E-state index in [1.807, 2.05) is 62.3 Å². The first-order valence-electron chi connectivity index (χ1n) is 5.86. The number of para-hydroxylation sites is 1. The van der Waals surface area contributed by atoms with Gasteiger partial charge in [-0.15, -0.1) is 5.10 Å². The van der Waals surface area contributed by atoms with Crippen molar-refractivity contribution in [2.45, 2.75) is 6.29 Å². The smallest absolute Gasteiger partial charge is 0.171 e. The minimum atomic E-state index is -0.233. The van der Waals surface area contributed by atoms with Gasteiger partial charge in [0, 0.05) is 0 Å². The quantitative estimate of drug-likeness (QED) is 0.437. The molecule has 0 radical (unpaired) electrons. The Labute approximate surface area is 111 Å². The third kappa shape index (κ3) is 2.82. The largest absolute Gasteiger partial charge is 0.278 e. The van der Waals surface area contributed by atoms with Gasteiger partial charge in [-0.1, -0.05) is 17.0 Å². The third-order valence-corrected chi connectivity index (χ3v) is 2.64. The molecule has 0 aliphatic heterocycles. The van der Waals surface area contributed by atoms with Crippen LogP contribution in [0.15, 0.2) is 24.3 Å². The predicted molar refractivity (Wildman–Crippen MR) is 71.3 cm³/mol. The van der Waals surface area contributed by atoms with E-state index in [9.17, 15) is 0 Å². The summed E-state index contributed by atoms with van der Waals surface area (Å²) in [4.78, 5) is 10.7. The van der Waals surface area contributed by atoms with Crippen LogP contribution in [0.4, 0.5) is 0 Å². The molecule has 104 valence electrons. The maximum atomic E-state index is 5.94. The number of nitrogens with two attached hydrogens (primary N) is 1. The Morgan fingerprint density at radius 1 is 1.16 bits per heavy atom. The van der Waals surface area contributed by atoms with Gasteiger partial charge in [-0.2, -0.15) is 0 Å². The molecule has 0 aliphatic rings. The highest BCUT2D eigenvalue weighted by Crippen LogP contribution is 2.09. The lowest BCUT2D eigenvalue weighted by atomic mass is 10.3. The zero-order chi connectivity index (χ0) is 14.0. The summed E-state index contributed by atoms with van der Waals surface area (Å²) in [6.45, 7) is 0. The first-order valence-corrected chi connectivity index (χ1v) is 5.86. The highest BCUT2D eigenvalue weighted by molar-refractivity contribution is 5.73. The molecule has 1 heterocycles. The number of hydrogen-bond donors (Lipinski definition) is 1. The highest BCUT2D eigenvalue weighted by atomic mass is 16.9. The molecular weight excluding hydrogens is 246 g/mol. The zero-order valence-corrected chi connectivity index (χ0v) is 11.6. The molecule has 8 heteroatoms. The number of fused-ring (bicyclic) bond motifs is 1. The second-order valence-electron chi connectivity index (χ2n) is 4.67. The summed E-state index contributed by atoms with van der Waals surface area (Å²) in [5.41, 5.74) is 1.51. The van der Waals surface area contributed by atoms with E-state index in [4.69, 9.17) is 10.8 Å². The van der Waals surface area contributed by atoms with Crippen molar-refractivity contribution in [3.05, 3.63) is 24.3 Å². The average Bonchev–Trinajstić information content (AvgIpc) is 2.72. The van der Waals surface area contributed by atoms with E-state index in [2.05, 4.69) is 10.3 Å². The Hall–Kier alpha value is -1.74. The van der Waals surface area contributed by atoms with Gasteiger partial charge in [-0.25, -0.2) is 5.84 Å². The molecule has 0 fully saturated rings. The molecule has 1 aromatic carbocycles. The standard InChI is InChI=1S/C11H19N7O/c1-15(2)11(16(3)4)17(12)19-18-10-8-6-5-7-9(10)13-14-18/h5-8,11H,12H2,1-4H3. The van der Waals surface area contributed by atoms with E-state index in [1.54, 1.807) is 0 Å². The Morgan fingerprint density at radius 3 is 2.42 bits per heavy atom. The molecule has 8 nitrogen and oxygen atoms in total. The number of rotatable bonds is 5. The molecule has 2 N–H and O–H groups in total. The molecule has 0 amide bonds. The molecule has 2 rings (SSSR count). The fraction of sp³-hybridized carbons (Fsp3) is 0.455. The molecule has 0 saturated carbocycles. The van der Waals surface area contributed by atoms with Crippen LogP contribution in [-0.2, 0) is 0 Å². The Bertz CT molecular complexity index is 531. The van der Waals surface area contributed by atoms with Crippen LogP contribution in [0.5, 0.6) is 0 Å². The average molecular weight is 265 g/mol.